The second-order valence-corrected chi connectivity index (χ2v) is 7.48. The van der Waals surface area contributed by atoms with Crippen molar-refractivity contribution in [3.8, 4) is 0 Å². The van der Waals surface area contributed by atoms with E-state index in [0.717, 1.165) is 13.0 Å². The molecular weight excluding hydrogens is 388 g/mol. The van der Waals surface area contributed by atoms with Crippen LogP contribution >= 0.6 is 12.4 Å². The largest absolute Gasteiger partial charge is 0.329 e. The molecule has 0 unspecified atom stereocenters. The summed E-state index contributed by atoms with van der Waals surface area (Å²) in [6, 6.07) is 15.8. The third-order valence-corrected chi connectivity index (χ3v) is 4.77. The van der Waals surface area contributed by atoms with E-state index in [2.05, 4.69) is 5.32 Å². The molecule has 0 fully saturated rings. The quantitative estimate of drug-likeness (QED) is 0.571. The van der Waals surface area contributed by atoms with Crippen molar-refractivity contribution in [1.29, 1.82) is 0 Å². The van der Waals surface area contributed by atoms with Gasteiger partial charge in [-0.05, 0) is 36.2 Å². The maximum absolute atomic E-state index is 12.3. The third kappa shape index (κ3) is 8.06. The molecule has 2 aromatic rings. The molecule has 0 aliphatic heterocycles. The Morgan fingerprint density at radius 2 is 1.63 bits per heavy atom. The van der Waals surface area contributed by atoms with E-state index in [1.54, 1.807) is 0 Å². The number of carbonyl (C=O) groups excluding carboxylic acids is 1. The fraction of sp³-hybridized carbons (Fsp3) is 0.278. The molecule has 148 valence electrons. The van der Waals surface area contributed by atoms with Crippen LogP contribution in [0.5, 0.6) is 0 Å². The lowest BCUT2D eigenvalue weighted by molar-refractivity contribution is -0.117. The van der Waals surface area contributed by atoms with Gasteiger partial charge in [0.2, 0.25) is 15.9 Å². The molecule has 0 aliphatic rings. The predicted molar refractivity (Wildman–Crippen MR) is 109 cm³/mol. The number of nitrogens with zero attached hydrogens (tertiary/aromatic N) is 1. The highest BCUT2D eigenvalue weighted by Crippen LogP contribution is 2.12. The molecule has 0 atom stereocenters. The maximum atomic E-state index is 12.3. The minimum Gasteiger partial charge on any atom is -0.329 e. The number of hydrogen-bond acceptors (Lipinski definition) is 5. The summed E-state index contributed by atoms with van der Waals surface area (Å²) in [5, 5.41) is 7.81. The lowest BCUT2D eigenvalue weighted by Gasteiger charge is -2.21. The molecule has 5 N–H and O–H groups in total. The van der Waals surface area contributed by atoms with Gasteiger partial charge in [0.15, 0.2) is 0 Å². The highest BCUT2D eigenvalue weighted by molar-refractivity contribution is 7.89. The Kier molecular flexibility index (Phi) is 9.40. The van der Waals surface area contributed by atoms with E-state index >= 15 is 0 Å². The first kappa shape index (κ1) is 23.1. The Morgan fingerprint density at radius 1 is 1.00 bits per heavy atom. The Balaban J connectivity index is 0.00000364. The summed E-state index contributed by atoms with van der Waals surface area (Å²) in [5.41, 5.74) is 7.36. The number of sulfonamides is 1. The second kappa shape index (κ2) is 11.0. The Labute approximate surface area is 166 Å². The van der Waals surface area contributed by atoms with Gasteiger partial charge in [-0.15, -0.1) is 12.4 Å². The zero-order valence-corrected chi connectivity index (χ0v) is 16.5. The number of rotatable bonds is 9. The average molecular weight is 413 g/mol. The van der Waals surface area contributed by atoms with Crippen LogP contribution < -0.4 is 16.2 Å². The summed E-state index contributed by atoms with van der Waals surface area (Å²) >= 11 is 0. The van der Waals surface area contributed by atoms with Gasteiger partial charge in [0.1, 0.15) is 0 Å². The van der Waals surface area contributed by atoms with Crippen molar-refractivity contribution >= 4 is 34.0 Å². The number of nitrogens with one attached hydrogen (secondary N) is 1. The highest BCUT2D eigenvalue weighted by Gasteiger charge is 2.12. The molecule has 0 spiro atoms. The van der Waals surface area contributed by atoms with E-state index in [-0.39, 0.29) is 29.8 Å². The van der Waals surface area contributed by atoms with Crippen molar-refractivity contribution in [2.75, 3.05) is 31.5 Å². The van der Waals surface area contributed by atoms with Crippen molar-refractivity contribution in [2.45, 2.75) is 11.3 Å². The first-order valence-electron chi connectivity index (χ1n) is 8.27. The summed E-state index contributed by atoms with van der Waals surface area (Å²) in [5.74, 6) is -0.185. The van der Waals surface area contributed by atoms with Crippen LogP contribution in [0, 0.1) is 0 Å². The van der Waals surface area contributed by atoms with Crippen LogP contribution in [0.25, 0.3) is 0 Å². The molecular formula is C18H25ClN4O3S. The summed E-state index contributed by atoms with van der Waals surface area (Å²) in [4.78, 5) is 14.2. The Bertz CT molecular complexity index is 814. The lowest BCUT2D eigenvalue weighted by atomic mass is 10.1. The molecule has 0 heterocycles. The van der Waals surface area contributed by atoms with Gasteiger partial charge in [-0.25, -0.2) is 13.6 Å². The summed E-state index contributed by atoms with van der Waals surface area (Å²) < 4.78 is 22.5. The molecule has 0 saturated carbocycles. The van der Waals surface area contributed by atoms with Crippen molar-refractivity contribution in [3.63, 3.8) is 0 Å². The van der Waals surface area contributed by atoms with Crippen LogP contribution in [0.2, 0.25) is 0 Å². The average Bonchev–Trinajstić information content (AvgIpc) is 2.60. The number of hydrogen-bond donors (Lipinski definition) is 3. The van der Waals surface area contributed by atoms with Gasteiger partial charge in [-0.1, -0.05) is 30.3 Å². The van der Waals surface area contributed by atoms with Gasteiger partial charge >= 0.3 is 0 Å². The zero-order chi connectivity index (χ0) is 19.0. The third-order valence-electron chi connectivity index (χ3n) is 3.84. The fourth-order valence-electron chi connectivity index (χ4n) is 2.52. The number of amides is 1. The Hall–Kier alpha value is -1.97. The molecule has 0 aromatic heterocycles. The van der Waals surface area contributed by atoms with Crippen LogP contribution in [-0.4, -0.2) is 45.4 Å². The smallest absolute Gasteiger partial charge is 0.238 e. The molecule has 0 bridgehead atoms. The molecule has 2 rings (SSSR count). The first-order chi connectivity index (χ1) is 12.4. The van der Waals surface area contributed by atoms with Crippen molar-refractivity contribution in [3.05, 3.63) is 60.2 Å². The SMILES string of the molecule is Cl.NCCN(CCc1ccccc1)CC(=O)Nc1ccc(S(N)(=O)=O)cc1. The minimum absolute atomic E-state index is 0. The lowest BCUT2D eigenvalue weighted by Crippen LogP contribution is -2.38. The monoisotopic (exact) mass is 412 g/mol. The van der Waals surface area contributed by atoms with Gasteiger partial charge < -0.3 is 11.1 Å². The summed E-state index contributed by atoms with van der Waals surface area (Å²) in [7, 11) is -3.74. The van der Waals surface area contributed by atoms with E-state index in [9.17, 15) is 13.2 Å². The van der Waals surface area contributed by atoms with Crippen LogP contribution in [-0.2, 0) is 21.2 Å². The number of nitrogens with two attached hydrogens (primary N) is 2. The molecule has 2 aromatic carbocycles. The van der Waals surface area contributed by atoms with Crippen molar-refractivity contribution in [2.24, 2.45) is 10.9 Å². The molecule has 0 saturated heterocycles. The summed E-state index contributed by atoms with van der Waals surface area (Å²) in [6.07, 6.45) is 0.831. The van der Waals surface area contributed by atoms with Crippen LogP contribution in [0.3, 0.4) is 0 Å². The van der Waals surface area contributed by atoms with Gasteiger partial charge in [-0.2, -0.15) is 0 Å². The Morgan fingerprint density at radius 3 is 2.19 bits per heavy atom. The molecule has 1 amide bonds. The zero-order valence-electron chi connectivity index (χ0n) is 14.9. The van der Waals surface area contributed by atoms with E-state index in [1.807, 2.05) is 35.2 Å². The van der Waals surface area contributed by atoms with Gasteiger partial charge in [-0.3, -0.25) is 9.69 Å². The maximum Gasteiger partial charge on any atom is 0.238 e. The highest BCUT2D eigenvalue weighted by atomic mass is 35.5. The summed E-state index contributed by atoms with van der Waals surface area (Å²) in [6.45, 7) is 2.01. The second-order valence-electron chi connectivity index (χ2n) is 5.92. The number of anilines is 1. The molecule has 27 heavy (non-hydrogen) atoms. The van der Waals surface area contributed by atoms with Crippen molar-refractivity contribution < 1.29 is 13.2 Å². The van der Waals surface area contributed by atoms with Crippen molar-refractivity contribution in [1.82, 2.24) is 4.90 Å². The molecule has 0 radical (unpaired) electrons. The van der Waals surface area contributed by atoms with E-state index in [4.69, 9.17) is 10.9 Å². The normalized spacial score (nSPS) is 11.1. The first-order valence-corrected chi connectivity index (χ1v) is 9.82. The fourth-order valence-corrected chi connectivity index (χ4v) is 3.03. The standard InChI is InChI=1S/C18H24N4O3S.ClH/c19-11-13-22(12-10-15-4-2-1-3-5-15)14-18(23)21-16-6-8-17(9-7-16)26(20,24)25;/h1-9H,10-14,19H2,(H,21,23)(H2,20,24,25);1H. The van der Waals surface area contributed by atoms with Crippen LogP contribution in [0.15, 0.2) is 59.5 Å². The van der Waals surface area contributed by atoms with Crippen LogP contribution in [0.4, 0.5) is 5.69 Å². The number of halogens is 1. The van der Waals surface area contributed by atoms with E-state index < -0.39 is 10.0 Å². The minimum atomic E-state index is -3.74. The molecule has 0 aliphatic carbocycles. The van der Waals surface area contributed by atoms with Gasteiger partial charge in [0.05, 0.1) is 11.4 Å². The number of benzene rings is 2. The van der Waals surface area contributed by atoms with E-state index in [1.165, 1.54) is 29.8 Å². The van der Waals surface area contributed by atoms with Crippen LogP contribution in [0.1, 0.15) is 5.56 Å². The number of primary sulfonamides is 1. The predicted octanol–water partition coefficient (Wildman–Crippen LogP) is 1.20. The molecule has 7 nitrogen and oxygen atoms in total. The van der Waals surface area contributed by atoms with E-state index in [0.29, 0.717) is 18.8 Å². The topological polar surface area (TPSA) is 119 Å². The molecule has 9 heteroatoms. The van der Waals surface area contributed by atoms with Gasteiger partial charge in [0.25, 0.3) is 0 Å². The number of carbonyl (C=O) groups is 1. The van der Waals surface area contributed by atoms with Gasteiger partial charge in [0, 0.05) is 25.3 Å².